The van der Waals surface area contributed by atoms with Crippen LogP contribution in [0.5, 0.6) is 0 Å². The van der Waals surface area contributed by atoms with Crippen LogP contribution < -0.4 is 4.57 Å². The van der Waals surface area contributed by atoms with Gasteiger partial charge in [0.25, 0.3) is 0 Å². The number of aromatic amines is 1. The molecule has 2 heterocycles. The first-order valence-corrected chi connectivity index (χ1v) is 8.91. The van der Waals surface area contributed by atoms with Crippen molar-refractivity contribution in [2.24, 2.45) is 0 Å². The summed E-state index contributed by atoms with van der Waals surface area (Å²) in [5.74, 6) is -0.411. The molecule has 25 heavy (non-hydrogen) atoms. The number of rotatable bonds is 5. The molecule has 0 saturated heterocycles. The number of carbonyl (C=O) groups excluding carboxylic acids is 2. The second-order valence-corrected chi connectivity index (χ2v) is 6.64. The van der Waals surface area contributed by atoms with E-state index in [1.807, 2.05) is 10.8 Å². The summed E-state index contributed by atoms with van der Waals surface area (Å²) < 4.78 is 7.02. The molecule has 0 saturated carbocycles. The third-order valence-electron chi connectivity index (χ3n) is 4.87. The zero-order valence-electron chi connectivity index (χ0n) is 15.1. The molecular weight excluding hydrogens is 316 g/mol. The Balaban J connectivity index is 1.82. The molecular formula is C20H25N2O3+. The first-order chi connectivity index (χ1) is 12.0. The molecule has 0 unspecified atom stereocenters. The molecule has 5 heteroatoms. The molecule has 5 nitrogen and oxygen atoms in total. The number of nitrogens with zero attached hydrogens (tertiary/aromatic N) is 1. The molecule has 1 aliphatic rings. The molecule has 1 N–H and O–H groups in total. The van der Waals surface area contributed by atoms with Crippen molar-refractivity contribution in [1.82, 2.24) is 4.98 Å². The van der Waals surface area contributed by atoms with Gasteiger partial charge in [-0.3, -0.25) is 4.79 Å². The van der Waals surface area contributed by atoms with E-state index in [1.54, 1.807) is 20.8 Å². The number of ketones is 1. The Morgan fingerprint density at radius 3 is 2.64 bits per heavy atom. The molecule has 0 spiro atoms. The zero-order valence-corrected chi connectivity index (χ0v) is 15.1. The highest BCUT2D eigenvalue weighted by molar-refractivity contribution is 6.01. The van der Waals surface area contributed by atoms with Crippen LogP contribution in [0.15, 0.2) is 18.5 Å². The number of ether oxygens (including phenoxy) is 1. The van der Waals surface area contributed by atoms with Crippen molar-refractivity contribution in [2.45, 2.75) is 53.0 Å². The number of fused-ring (bicyclic) bond motifs is 1. The van der Waals surface area contributed by atoms with Crippen LogP contribution in [0.4, 0.5) is 0 Å². The SMILES string of the molecule is CCOC(=O)c1c(C)[nH]c(C(=O)C[n+]2ccc3c(c2)CCCC3)c1C. The lowest BCUT2D eigenvalue weighted by Gasteiger charge is -2.13. The summed E-state index contributed by atoms with van der Waals surface area (Å²) in [6, 6.07) is 2.12. The summed E-state index contributed by atoms with van der Waals surface area (Å²) in [6.45, 7) is 5.93. The molecule has 0 bridgehead atoms. The third kappa shape index (κ3) is 3.50. The van der Waals surface area contributed by atoms with E-state index < -0.39 is 0 Å². The first kappa shape index (κ1) is 17.4. The van der Waals surface area contributed by atoms with Gasteiger partial charge < -0.3 is 9.72 Å². The molecule has 1 aliphatic carbocycles. The van der Waals surface area contributed by atoms with E-state index in [2.05, 4.69) is 17.2 Å². The second kappa shape index (κ2) is 7.21. The maximum Gasteiger partial charge on any atom is 0.340 e. The van der Waals surface area contributed by atoms with Gasteiger partial charge in [-0.05, 0) is 57.6 Å². The van der Waals surface area contributed by atoms with Crippen LogP contribution in [-0.4, -0.2) is 23.3 Å². The van der Waals surface area contributed by atoms with Crippen molar-refractivity contribution < 1.29 is 18.9 Å². The molecule has 0 atom stereocenters. The van der Waals surface area contributed by atoms with Gasteiger partial charge in [0, 0.05) is 17.3 Å². The third-order valence-corrected chi connectivity index (χ3v) is 4.87. The molecule has 2 aromatic heterocycles. The van der Waals surface area contributed by atoms with Crippen molar-refractivity contribution in [2.75, 3.05) is 6.61 Å². The molecule has 0 fully saturated rings. The van der Waals surface area contributed by atoms with E-state index in [-0.39, 0.29) is 18.3 Å². The maximum atomic E-state index is 12.7. The summed E-state index contributed by atoms with van der Waals surface area (Å²) in [5.41, 5.74) is 5.04. The van der Waals surface area contributed by atoms with E-state index in [1.165, 1.54) is 24.0 Å². The largest absolute Gasteiger partial charge is 0.462 e. The predicted octanol–water partition coefficient (Wildman–Crippen LogP) is 2.86. The van der Waals surface area contributed by atoms with Gasteiger partial charge in [-0.1, -0.05) is 0 Å². The number of Topliss-reactive ketones (excluding diaryl/α,β-unsaturated/α-hetero) is 1. The molecule has 3 rings (SSSR count). The average Bonchev–Trinajstić information content (AvgIpc) is 2.89. The minimum Gasteiger partial charge on any atom is -0.462 e. The Kier molecular flexibility index (Phi) is 5.02. The van der Waals surface area contributed by atoms with Gasteiger partial charge in [-0.25, -0.2) is 4.79 Å². The van der Waals surface area contributed by atoms with Crippen LogP contribution in [0.25, 0.3) is 0 Å². The zero-order chi connectivity index (χ0) is 18.0. The van der Waals surface area contributed by atoms with Crippen molar-refractivity contribution in [1.29, 1.82) is 0 Å². The smallest absolute Gasteiger partial charge is 0.340 e. The highest BCUT2D eigenvalue weighted by Gasteiger charge is 2.25. The van der Waals surface area contributed by atoms with Crippen molar-refractivity contribution in [3.05, 3.63) is 52.1 Å². The molecule has 0 aliphatic heterocycles. The van der Waals surface area contributed by atoms with E-state index in [0.29, 0.717) is 29.1 Å². The second-order valence-electron chi connectivity index (χ2n) is 6.64. The van der Waals surface area contributed by atoms with Gasteiger partial charge in [0.05, 0.1) is 17.9 Å². The lowest BCUT2D eigenvalue weighted by molar-refractivity contribution is -0.683. The summed E-state index contributed by atoms with van der Waals surface area (Å²) in [7, 11) is 0. The van der Waals surface area contributed by atoms with Gasteiger partial charge in [0.15, 0.2) is 12.4 Å². The Morgan fingerprint density at radius 1 is 1.20 bits per heavy atom. The number of aromatic nitrogens is 2. The van der Waals surface area contributed by atoms with Crippen LogP contribution in [0, 0.1) is 13.8 Å². The molecule has 132 valence electrons. The number of pyridine rings is 1. The van der Waals surface area contributed by atoms with Crippen molar-refractivity contribution in [3.8, 4) is 0 Å². The van der Waals surface area contributed by atoms with Crippen LogP contribution in [0.3, 0.4) is 0 Å². The summed E-state index contributed by atoms with van der Waals surface area (Å²) >= 11 is 0. The molecule has 0 aromatic carbocycles. The fourth-order valence-corrected chi connectivity index (χ4v) is 3.60. The summed E-state index contributed by atoms with van der Waals surface area (Å²) in [6.07, 6.45) is 8.72. The Bertz CT molecular complexity index is 821. The molecule has 0 amide bonds. The Hall–Kier alpha value is -2.43. The quantitative estimate of drug-likeness (QED) is 0.517. The van der Waals surface area contributed by atoms with Crippen LogP contribution in [0.1, 0.15) is 63.0 Å². The fourth-order valence-electron chi connectivity index (χ4n) is 3.60. The first-order valence-electron chi connectivity index (χ1n) is 8.91. The van der Waals surface area contributed by atoms with Gasteiger partial charge in [-0.2, -0.15) is 4.57 Å². The van der Waals surface area contributed by atoms with Crippen LogP contribution in [-0.2, 0) is 24.1 Å². The minimum atomic E-state index is -0.380. The highest BCUT2D eigenvalue weighted by atomic mass is 16.5. The van der Waals surface area contributed by atoms with Gasteiger partial charge >= 0.3 is 5.97 Å². The number of carbonyl (C=O) groups is 2. The monoisotopic (exact) mass is 341 g/mol. The van der Waals surface area contributed by atoms with Crippen molar-refractivity contribution >= 4 is 11.8 Å². The van der Waals surface area contributed by atoms with E-state index >= 15 is 0 Å². The number of hydrogen-bond acceptors (Lipinski definition) is 3. The predicted molar refractivity (Wildman–Crippen MR) is 93.8 cm³/mol. The fraction of sp³-hybridized carbons (Fsp3) is 0.450. The number of aryl methyl sites for hydroxylation is 3. The highest BCUT2D eigenvalue weighted by Crippen LogP contribution is 2.21. The normalized spacial score (nSPS) is 13.4. The Morgan fingerprint density at radius 2 is 1.92 bits per heavy atom. The Labute approximate surface area is 148 Å². The number of nitrogens with one attached hydrogen (secondary N) is 1. The van der Waals surface area contributed by atoms with E-state index in [0.717, 1.165) is 12.8 Å². The lowest BCUT2D eigenvalue weighted by Crippen LogP contribution is -2.38. The number of hydrogen-bond donors (Lipinski definition) is 1. The van der Waals surface area contributed by atoms with Crippen LogP contribution in [0.2, 0.25) is 0 Å². The molecule has 2 aromatic rings. The average molecular weight is 341 g/mol. The van der Waals surface area contributed by atoms with E-state index in [4.69, 9.17) is 4.74 Å². The van der Waals surface area contributed by atoms with Gasteiger partial charge in [-0.15, -0.1) is 0 Å². The van der Waals surface area contributed by atoms with Crippen LogP contribution >= 0.6 is 0 Å². The number of H-pyrrole nitrogens is 1. The van der Waals surface area contributed by atoms with Gasteiger partial charge in [0.2, 0.25) is 12.3 Å². The number of esters is 1. The summed E-state index contributed by atoms with van der Waals surface area (Å²) in [5, 5.41) is 0. The maximum absolute atomic E-state index is 12.7. The van der Waals surface area contributed by atoms with Gasteiger partial charge in [0.1, 0.15) is 0 Å². The van der Waals surface area contributed by atoms with Crippen molar-refractivity contribution in [3.63, 3.8) is 0 Å². The standard InChI is InChI=1S/C20H24N2O3/c1-4-25-20(24)18-13(2)19(21-14(18)3)17(23)12-22-10-9-15-7-5-6-8-16(15)11-22/h9-11H,4-8,12H2,1-3H3/p+1. The summed E-state index contributed by atoms with van der Waals surface area (Å²) in [4.78, 5) is 27.9. The lowest BCUT2D eigenvalue weighted by atomic mass is 9.93. The minimum absolute atomic E-state index is 0.0306. The molecule has 0 radical (unpaired) electrons. The van der Waals surface area contributed by atoms with E-state index in [9.17, 15) is 9.59 Å². The topological polar surface area (TPSA) is 63.0 Å².